The number of hydrogen-bond acceptors (Lipinski definition) is 3. The van der Waals surface area contributed by atoms with E-state index in [9.17, 15) is 4.79 Å². The third-order valence-corrected chi connectivity index (χ3v) is 4.23. The minimum atomic E-state index is -0.233. The molecule has 1 heterocycles. The van der Waals surface area contributed by atoms with Gasteiger partial charge in [0.15, 0.2) is 17.6 Å². The number of nitrogens with one attached hydrogen (secondary N) is 2. The molecule has 1 aliphatic rings. The molecule has 3 rings (SSSR count). The highest BCUT2D eigenvalue weighted by Crippen LogP contribution is 2.30. The minimum Gasteiger partial charge on any atom is -0.486 e. The van der Waals surface area contributed by atoms with Gasteiger partial charge in [0.2, 0.25) is 0 Å². The van der Waals surface area contributed by atoms with Crippen molar-refractivity contribution in [3.63, 3.8) is 0 Å². The fourth-order valence-electron chi connectivity index (χ4n) is 2.25. The van der Waals surface area contributed by atoms with Gasteiger partial charge >= 0.3 is 6.03 Å². The zero-order valence-electron chi connectivity index (χ0n) is 12.4. The summed E-state index contributed by atoms with van der Waals surface area (Å²) < 4.78 is 12.4. The van der Waals surface area contributed by atoms with Gasteiger partial charge in [-0.1, -0.05) is 46.3 Å². The summed E-state index contributed by atoms with van der Waals surface area (Å²) in [6.07, 6.45) is -0.195. The van der Waals surface area contributed by atoms with E-state index in [2.05, 4.69) is 26.6 Å². The molecule has 0 saturated carbocycles. The molecule has 23 heavy (non-hydrogen) atoms. The van der Waals surface area contributed by atoms with Gasteiger partial charge in [-0.05, 0) is 23.8 Å². The zero-order valence-corrected chi connectivity index (χ0v) is 14.0. The van der Waals surface area contributed by atoms with Crippen molar-refractivity contribution in [2.45, 2.75) is 12.6 Å². The second-order valence-electron chi connectivity index (χ2n) is 5.15. The Hall–Kier alpha value is -2.21. The Kier molecular flexibility index (Phi) is 5.02. The lowest BCUT2D eigenvalue weighted by molar-refractivity contribution is 0.0918. The molecule has 1 aliphatic heterocycles. The van der Waals surface area contributed by atoms with Crippen LogP contribution < -0.4 is 20.1 Å². The van der Waals surface area contributed by atoms with Crippen molar-refractivity contribution < 1.29 is 14.3 Å². The highest BCUT2D eigenvalue weighted by atomic mass is 79.9. The Bertz CT molecular complexity index is 693. The molecule has 2 N–H and O–H groups in total. The van der Waals surface area contributed by atoms with Crippen molar-refractivity contribution in [3.05, 3.63) is 58.6 Å². The van der Waals surface area contributed by atoms with Crippen molar-refractivity contribution in [1.82, 2.24) is 10.6 Å². The van der Waals surface area contributed by atoms with Gasteiger partial charge in [-0.3, -0.25) is 0 Å². The summed E-state index contributed by atoms with van der Waals surface area (Å²) in [6, 6.07) is 15.1. The summed E-state index contributed by atoms with van der Waals surface area (Å²) in [7, 11) is 0. The highest BCUT2D eigenvalue weighted by molar-refractivity contribution is 9.10. The third-order valence-electron chi connectivity index (χ3n) is 3.46. The van der Waals surface area contributed by atoms with Crippen LogP contribution in [0.15, 0.2) is 53.0 Å². The number of urea groups is 1. The van der Waals surface area contributed by atoms with E-state index in [1.807, 2.05) is 48.5 Å². The number of halogens is 1. The van der Waals surface area contributed by atoms with Crippen molar-refractivity contribution in [1.29, 1.82) is 0 Å². The van der Waals surface area contributed by atoms with Gasteiger partial charge in [0.1, 0.15) is 6.61 Å². The summed E-state index contributed by atoms with van der Waals surface area (Å²) in [4.78, 5) is 11.9. The van der Waals surface area contributed by atoms with Gasteiger partial charge in [-0.2, -0.15) is 0 Å². The van der Waals surface area contributed by atoms with Crippen LogP contribution >= 0.6 is 15.9 Å². The molecule has 2 aromatic rings. The van der Waals surface area contributed by atoms with E-state index in [1.165, 1.54) is 0 Å². The predicted octanol–water partition coefficient (Wildman–Crippen LogP) is 3.09. The van der Waals surface area contributed by atoms with Crippen LogP contribution in [0, 0.1) is 0 Å². The Morgan fingerprint density at radius 3 is 2.65 bits per heavy atom. The van der Waals surface area contributed by atoms with Crippen molar-refractivity contribution >= 4 is 22.0 Å². The number of ether oxygens (including phenoxy) is 2. The fourth-order valence-corrected chi connectivity index (χ4v) is 2.67. The molecule has 6 heteroatoms. The molecule has 0 aliphatic carbocycles. The van der Waals surface area contributed by atoms with Gasteiger partial charge in [0, 0.05) is 11.0 Å². The number of fused-ring (bicyclic) bond motifs is 1. The zero-order chi connectivity index (χ0) is 16.1. The van der Waals surface area contributed by atoms with Crippen LogP contribution in [0.5, 0.6) is 11.5 Å². The maximum absolute atomic E-state index is 11.9. The van der Waals surface area contributed by atoms with Crippen LogP contribution in [0.25, 0.3) is 0 Å². The molecule has 0 aromatic heterocycles. The molecule has 0 saturated heterocycles. The molecule has 0 radical (unpaired) electrons. The second-order valence-corrected chi connectivity index (χ2v) is 6.01. The first kappa shape index (κ1) is 15.7. The molecule has 5 nitrogen and oxygen atoms in total. The summed E-state index contributed by atoms with van der Waals surface area (Å²) in [5.74, 6) is 1.45. The Balaban J connectivity index is 1.44. The number of rotatable bonds is 4. The van der Waals surface area contributed by atoms with Gasteiger partial charge in [-0.15, -0.1) is 0 Å². The number of benzene rings is 2. The summed E-state index contributed by atoms with van der Waals surface area (Å²) in [5, 5.41) is 5.62. The minimum absolute atomic E-state index is 0.195. The molecule has 1 atom stereocenters. The number of carbonyl (C=O) groups is 1. The average Bonchev–Trinajstić information content (AvgIpc) is 2.59. The monoisotopic (exact) mass is 376 g/mol. The maximum Gasteiger partial charge on any atom is 0.315 e. The van der Waals surface area contributed by atoms with E-state index in [1.54, 1.807) is 0 Å². The van der Waals surface area contributed by atoms with E-state index in [0.29, 0.717) is 25.4 Å². The molecule has 2 amide bonds. The molecule has 1 unspecified atom stereocenters. The van der Waals surface area contributed by atoms with Crippen LogP contribution in [-0.4, -0.2) is 25.3 Å². The number of carbonyl (C=O) groups excluding carboxylic acids is 1. The molecule has 0 bridgehead atoms. The van der Waals surface area contributed by atoms with Gasteiger partial charge in [0.25, 0.3) is 0 Å². The normalized spacial score (nSPS) is 15.8. The second kappa shape index (κ2) is 7.37. The van der Waals surface area contributed by atoms with Crippen LogP contribution in [0.2, 0.25) is 0 Å². The largest absolute Gasteiger partial charge is 0.486 e. The van der Waals surface area contributed by atoms with E-state index >= 15 is 0 Å². The standard InChI is InChI=1S/C17H17BrN2O3/c18-14-6-2-1-5-12(14)9-19-17(21)20-10-13-11-22-15-7-3-4-8-16(15)23-13/h1-8,13H,9-11H2,(H2,19,20,21). The molecule has 2 aromatic carbocycles. The van der Waals surface area contributed by atoms with E-state index in [4.69, 9.17) is 9.47 Å². The van der Waals surface area contributed by atoms with Crippen LogP contribution in [0.3, 0.4) is 0 Å². The first-order valence-corrected chi connectivity index (χ1v) is 8.15. The smallest absolute Gasteiger partial charge is 0.315 e. The number of para-hydroxylation sites is 2. The van der Waals surface area contributed by atoms with Crippen molar-refractivity contribution in [3.8, 4) is 11.5 Å². The summed E-state index contributed by atoms with van der Waals surface area (Å²) in [6.45, 7) is 1.26. The first-order valence-electron chi connectivity index (χ1n) is 7.36. The molecular formula is C17H17BrN2O3. The molecule has 120 valence electrons. The number of amides is 2. The van der Waals surface area contributed by atoms with E-state index < -0.39 is 0 Å². The van der Waals surface area contributed by atoms with Crippen molar-refractivity contribution in [2.24, 2.45) is 0 Å². The van der Waals surface area contributed by atoms with Gasteiger partial charge in [0.05, 0.1) is 6.54 Å². The Labute approximate surface area is 143 Å². The Morgan fingerprint density at radius 2 is 1.83 bits per heavy atom. The predicted molar refractivity (Wildman–Crippen MR) is 90.7 cm³/mol. The lowest BCUT2D eigenvalue weighted by atomic mass is 10.2. The lowest BCUT2D eigenvalue weighted by Gasteiger charge is -2.26. The van der Waals surface area contributed by atoms with Gasteiger partial charge in [-0.25, -0.2) is 4.79 Å². The van der Waals surface area contributed by atoms with Crippen LogP contribution in [0.1, 0.15) is 5.56 Å². The first-order chi connectivity index (χ1) is 11.2. The topological polar surface area (TPSA) is 59.6 Å². The maximum atomic E-state index is 11.9. The quantitative estimate of drug-likeness (QED) is 0.861. The molecular weight excluding hydrogens is 360 g/mol. The molecule has 0 fully saturated rings. The van der Waals surface area contributed by atoms with E-state index in [0.717, 1.165) is 15.8 Å². The average molecular weight is 377 g/mol. The van der Waals surface area contributed by atoms with Crippen molar-refractivity contribution in [2.75, 3.05) is 13.2 Å². The third kappa shape index (κ3) is 4.16. The SMILES string of the molecule is O=C(NCc1ccccc1Br)NCC1COc2ccccc2O1. The van der Waals surface area contributed by atoms with Crippen LogP contribution in [-0.2, 0) is 6.54 Å². The van der Waals surface area contributed by atoms with Gasteiger partial charge < -0.3 is 20.1 Å². The lowest BCUT2D eigenvalue weighted by Crippen LogP contribution is -2.44. The highest BCUT2D eigenvalue weighted by Gasteiger charge is 2.20. The summed E-state index contributed by atoms with van der Waals surface area (Å²) in [5.41, 5.74) is 1.02. The summed E-state index contributed by atoms with van der Waals surface area (Å²) >= 11 is 3.46. The molecule has 0 spiro atoms. The van der Waals surface area contributed by atoms with Crippen LogP contribution in [0.4, 0.5) is 4.79 Å². The fraction of sp³-hybridized carbons (Fsp3) is 0.235. The Morgan fingerprint density at radius 1 is 1.09 bits per heavy atom. The van der Waals surface area contributed by atoms with E-state index in [-0.39, 0.29) is 12.1 Å². The number of hydrogen-bond donors (Lipinski definition) is 2.